The van der Waals surface area contributed by atoms with Gasteiger partial charge in [0.2, 0.25) is 0 Å². The van der Waals surface area contributed by atoms with E-state index >= 15 is 0 Å². The molecule has 1 saturated heterocycles. The van der Waals surface area contributed by atoms with E-state index in [0.717, 1.165) is 21.1 Å². The Labute approximate surface area is 185 Å². The van der Waals surface area contributed by atoms with Crippen LogP contribution in [0.2, 0.25) is 0 Å². The van der Waals surface area contributed by atoms with Crippen molar-refractivity contribution in [1.29, 1.82) is 0 Å². The van der Waals surface area contributed by atoms with Gasteiger partial charge in [0.25, 0.3) is 10.9 Å². The van der Waals surface area contributed by atoms with Crippen molar-refractivity contribution in [3.8, 4) is 0 Å². The number of halogens is 1. The molecular weight excluding hydrogens is 462 g/mol. The summed E-state index contributed by atoms with van der Waals surface area (Å²) in [7, 11) is 0. The first-order chi connectivity index (χ1) is 15.1. The largest absolute Gasteiger partial charge is 0.378 e. The van der Waals surface area contributed by atoms with Crippen molar-refractivity contribution in [2.24, 2.45) is 0 Å². The lowest BCUT2D eigenvalue weighted by Crippen LogP contribution is -2.46. The number of fused-ring (bicyclic) bond motifs is 1. The lowest BCUT2D eigenvalue weighted by atomic mass is 10.1. The van der Waals surface area contributed by atoms with E-state index in [1.807, 2.05) is 47.4 Å². The number of nitrogens with one attached hydrogen (secondary N) is 2. The van der Waals surface area contributed by atoms with E-state index in [1.54, 1.807) is 0 Å². The monoisotopic (exact) mass is 479 g/mol. The molecule has 0 saturated carbocycles. The summed E-state index contributed by atoms with van der Waals surface area (Å²) in [5, 5.41) is 7.23. The molecule has 156 valence electrons. The maximum absolute atomic E-state index is 12.3. The molecule has 1 aliphatic heterocycles. The fourth-order valence-electron chi connectivity index (χ4n) is 3.67. The van der Waals surface area contributed by atoms with Crippen molar-refractivity contribution in [2.45, 2.75) is 0 Å². The Hall–Kier alpha value is -3.30. The van der Waals surface area contributed by atoms with Gasteiger partial charge in [-0.1, -0.05) is 22.0 Å². The molecule has 8 nitrogen and oxygen atoms in total. The smallest absolute Gasteiger partial charge is 0.253 e. The first-order valence-electron chi connectivity index (χ1n) is 9.80. The highest BCUT2D eigenvalue weighted by molar-refractivity contribution is 9.10. The first kappa shape index (κ1) is 19.7. The summed E-state index contributed by atoms with van der Waals surface area (Å²) in [6, 6.07) is 13.3. The summed E-state index contributed by atoms with van der Waals surface area (Å²) < 4.78 is 6.30. The maximum Gasteiger partial charge on any atom is 0.253 e. The van der Waals surface area contributed by atoms with E-state index < -0.39 is 10.9 Å². The molecule has 31 heavy (non-hydrogen) atoms. The van der Waals surface area contributed by atoms with Gasteiger partial charge in [-0.05, 0) is 36.4 Å². The van der Waals surface area contributed by atoms with Crippen LogP contribution < -0.4 is 26.4 Å². The van der Waals surface area contributed by atoms with Gasteiger partial charge >= 0.3 is 0 Å². The van der Waals surface area contributed by atoms with Gasteiger partial charge in [-0.2, -0.15) is 0 Å². The zero-order chi connectivity index (χ0) is 21.4. The number of ether oxygens (including phenoxy) is 1. The third-order valence-corrected chi connectivity index (χ3v) is 5.70. The van der Waals surface area contributed by atoms with Crippen molar-refractivity contribution in [3.05, 3.63) is 73.7 Å². The molecule has 9 heteroatoms. The van der Waals surface area contributed by atoms with Crippen LogP contribution in [0.3, 0.4) is 0 Å². The van der Waals surface area contributed by atoms with Crippen molar-refractivity contribution in [3.63, 3.8) is 0 Å². The van der Waals surface area contributed by atoms with Crippen LogP contribution in [0.25, 0.3) is 10.9 Å². The number of rotatable bonds is 5. The summed E-state index contributed by atoms with van der Waals surface area (Å²) >= 11 is 3.47. The number of aromatic nitrogens is 2. The Bertz CT molecular complexity index is 1340. The first-order valence-corrected chi connectivity index (χ1v) is 10.6. The van der Waals surface area contributed by atoms with Crippen LogP contribution in [-0.4, -0.2) is 36.3 Å². The van der Waals surface area contributed by atoms with Gasteiger partial charge in [0, 0.05) is 34.3 Å². The minimum Gasteiger partial charge on any atom is -0.378 e. The lowest BCUT2D eigenvalue weighted by molar-refractivity contribution is 0.122. The molecule has 3 aromatic carbocycles. The highest BCUT2D eigenvalue weighted by Crippen LogP contribution is 2.30. The van der Waals surface area contributed by atoms with Crippen molar-refractivity contribution < 1.29 is 4.74 Å². The number of hydrogen-bond donors (Lipinski definition) is 2. The minimum atomic E-state index is -0.501. The van der Waals surface area contributed by atoms with Gasteiger partial charge in [0.1, 0.15) is 23.5 Å². The van der Waals surface area contributed by atoms with Crippen LogP contribution in [0.1, 0.15) is 0 Å². The predicted octanol–water partition coefficient (Wildman–Crippen LogP) is 3.31. The summed E-state index contributed by atoms with van der Waals surface area (Å²) in [4.78, 5) is 35.1. The Morgan fingerprint density at radius 3 is 2.55 bits per heavy atom. The Balaban J connectivity index is 1.48. The van der Waals surface area contributed by atoms with Crippen molar-refractivity contribution in [1.82, 2.24) is 9.97 Å². The van der Waals surface area contributed by atoms with Crippen LogP contribution >= 0.6 is 15.9 Å². The van der Waals surface area contributed by atoms with Gasteiger partial charge in [-0.15, -0.1) is 0 Å². The second-order valence-corrected chi connectivity index (χ2v) is 8.11. The predicted molar refractivity (Wildman–Crippen MR) is 125 cm³/mol. The molecule has 1 fully saturated rings. The third kappa shape index (κ3) is 3.77. The zero-order valence-electron chi connectivity index (χ0n) is 16.4. The zero-order valence-corrected chi connectivity index (χ0v) is 18.0. The maximum atomic E-state index is 12.3. The standard InChI is InChI=1S/C22H18BrN5O3/c23-13-2-1-3-14(10-13)27-22-16-11-15(4-5-17(16)24-12-25-22)26-18-19(21(30)20(18)29)28-6-8-31-9-7-28/h1-5,10-12,26H,6-9H2,(H,24,25,27). The van der Waals surface area contributed by atoms with Gasteiger partial charge in [-0.25, -0.2) is 9.97 Å². The van der Waals surface area contributed by atoms with Crippen LogP contribution in [0.4, 0.5) is 28.6 Å². The van der Waals surface area contributed by atoms with Crippen molar-refractivity contribution >= 4 is 55.4 Å². The van der Waals surface area contributed by atoms with Crippen LogP contribution in [0, 0.1) is 0 Å². The number of benzene rings is 2. The molecule has 0 radical (unpaired) electrons. The summed E-state index contributed by atoms with van der Waals surface area (Å²) in [6.07, 6.45) is 1.50. The van der Waals surface area contributed by atoms with Crippen molar-refractivity contribution in [2.75, 3.05) is 41.8 Å². The van der Waals surface area contributed by atoms with E-state index in [0.29, 0.717) is 49.2 Å². The molecule has 0 unspecified atom stereocenters. The molecule has 2 heterocycles. The average molecular weight is 480 g/mol. The molecule has 0 spiro atoms. The topological polar surface area (TPSA) is 96.4 Å². The summed E-state index contributed by atoms with van der Waals surface area (Å²) in [5.41, 5.74) is 2.13. The van der Waals surface area contributed by atoms with Gasteiger partial charge in [-0.3, -0.25) is 9.59 Å². The number of anilines is 5. The number of morpholine rings is 1. The quantitative estimate of drug-likeness (QED) is 0.420. The fraction of sp³-hybridized carbons (Fsp3) is 0.182. The lowest BCUT2D eigenvalue weighted by Gasteiger charge is -2.30. The van der Waals surface area contributed by atoms with E-state index in [9.17, 15) is 9.59 Å². The Morgan fingerprint density at radius 2 is 1.74 bits per heavy atom. The highest BCUT2D eigenvalue weighted by Gasteiger charge is 2.27. The average Bonchev–Trinajstić information content (AvgIpc) is 2.79. The molecule has 0 atom stereocenters. The normalized spacial score (nSPS) is 14.2. The van der Waals surface area contributed by atoms with E-state index in [1.165, 1.54) is 6.33 Å². The SMILES string of the molecule is O=c1c(Nc2ccc3ncnc(Nc4cccc(Br)c4)c3c2)c(N2CCOCC2)c1=O. The highest BCUT2D eigenvalue weighted by atomic mass is 79.9. The van der Waals surface area contributed by atoms with Crippen LogP contribution in [-0.2, 0) is 4.74 Å². The molecule has 0 bridgehead atoms. The molecule has 1 aliphatic rings. The molecule has 1 aromatic heterocycles. The third-order valence-electron chi connectivity index (χ3n) is 5.20. The van der Waals surface area contributed by atoms with Gasteiger partial charge in [0.05, 0.1) is 18.7 Å². The van der Waals surface area contributed by atoms with E-state index in [2.05, 4.69) is 36.5 Å². The molecule has 5 rings (SSSR count). The summed E-state index contributed by atoms with van der Waals surface area (Å²) in [5.74, 6) is 0.644. The number of nitrogens with zero attached hydrogens (tertiary/aromatic N) is 3. The number of hydrogen-bond acceptors (Lipinski definition) is 8. The summed E-state index contributed by atoms with van der Waals surface area (Å²) in [6.45, 7) is 2.25. The molecule has 4 aromatic rings. The van der Waals surface area contributed by atoms with Gasteiger partial charge < -0.3 is 20.3 Å². The molecule has 0 amide bonds. The Kier molecular flexibility index (Phi) is 5.13. The minimum absolute atomic E-state index is 0.324. The second kappa shape index (κ2) is 8.09. The van der Waals surface area contributed by atoms with Gasteiger partial charge in [0.15, 0.2) is 0 Å². The van der Waals surface area contributed by atoms with E-state index in [-0.39, 0.29) is 0 Å². The van der Waals surface area contributed by atoms with E-state index in [4.69, 9.17) is 4.74 Å². The molecule has 0 aliphatic carbocycles. The molecular formula is C22H18BrN5O3. The van der Waals surface area contributed by atoms with Crippen LogP contribution in [0.15, 0.2) is 62.9 Å². The fourth-order valence-corrected chi connectivity index (χ4v) is 4.06. The second-order valence-electron chi connectivity index (χ2n) is 7.20. The molecule has 2 N–H and O–H groups in total. The van der Waals surface area contributed by atoms with Crippen LogP contribution in [0.5, 0.6) is 0 Å². The Morgan fingerprint density at radius 1 is 0.935 bits per heavy atom.